The zero-order valence-electron chi connectivity index (χ0n) is 11.0. The maximum absolute atomic E-state index is 13.7. The van der Waals surface area contributed by atoms with E-state index in [-0.39, 0.29) is 22.0 Å². The molecule has 0 spiro atoms. The smallest absolute Gasteiger partial charge is 0.238 e. The van der Waals surface area contributed by atoms with E-state index in [1.54, 1.807) is 0 Å². The van der Waals surface area contributed by atoms with Crippen molar-refractivity contribution in [2.24, 2.45) is 10.6 Å². The number of halogens is 1. The summed E-state index contributed by atoms with van der Waals surface area (Å²) in [6.45, 7) is 8.02. The second kappa shape index (κ2) is 4.85. The Hall–Kier alpha value is -1.14. The summed E-state index contributed by atoms with van der Waals surface area (Å²) < 4.78 is 35.9. The van der Waals surface area contributed by atoms with Crippen molar-refractivity contribution in [3.8, 4) is 0 Å². The third kappa shape index (κ3) is 3.68. The van der Waals surface area contributed by atoms with Gasteiger partial charge in [-0.2, -0.15) is 0 Å². The molecule has 0 heterocycles. The fraction of sp³-hybridized carbons (Fsp3) is 0.500. The molecular weight excluding hydrogens is 255 g/mol. The lowest BCUT2D eigenvalue weighted by molar-refractivity contribution is 0.358. The molecule has 3 N–H and O–H groups in total. The first kappa shape index (κ1) is 14.9. The Morgan fingerprint density at radius 3 is 2.28 bits per heavy atom. The number of nitrogens with two attached hydrogens (primary N) is 1. The number of hydrogen-bond acceptors (Lipinski definition) is 3. The summed E-state index contributed by atoms with van der Waals surface area (Å²) in [5, 5.41) is 7.95. The average molecular weight is 274 g/mol. The van der Waals surface area contributed by atoms with Crippen LogP contribution in [0.15, 0.2) is 23.1 Å². The SMILES string of the molecule is CC(Nc1ccc(S(N)(=O)=O)cc1F)C(C)(C)C. The van der Waals surface area contributed by atoms with Crippen LogP contribution in [0, 0.1) is 11.2 Å². The molecule has 1 atom stereocenters. The molecule has 0 fully saturated rings. The van der Waals surface area contributed by atoms with Gasteiger partial charge in [-0.1, -0.05) is 20.8 Å². The monoisotopic (exact) mass is 274 g/mol. The lowest BCUT2D eigenvalue weighted by Gasteiger charge is -2.29. The van der Waals surface area contributed by atoms with Gasteiger partial charge in [0.15, 0.2) is 0 Å². The van der Waals surface area contributed by atoms with Crippen molar-refractivity contribution in [2.75, 3.05) is 5.32 Å². The Balaban J connectivity index is 3.01. The molecule has 1 aromatic carbocycles. The Morgan fingerprint density at radius 1 is 1.33 bits per heavy atom. The maximum atomic E-state index is 13.7. The van der Waals surface area contributed by atoms with Crippen LogP contribution in [0.2, 0.25) is 0 Å². The summed E-state index contributed by atoms with van der Waals surface area (Å²) >= 11 is 0. The topological polar surface area (TPSA) is 72.2 Å². The molecule has 0 aromatic heterocycles. The van der Waals surface area contributed by atoms with Gasteiger partial charge >= 0.3 is 0 Å². The van der Waals surface area contributed by atoms with Crippen LogP contribution in [-0.4, -0.2) is 14.5 Å². The third-order valence-corrected chi connectivity index (χ3v) is 3.85. The van der Waals surface area contributed by atoms with Crippen molar-refractivity contribution in [1.29, 1.82) is 0 Å². The zero-order chi connectivity index (χ0) is 14.1. The molecule has 0 saturated carbocycles. The summed E-state index contributed by atoms with van der Waals surface area (Å²) in [5.74, 6) is -0.627. The van der Waals surface area contributed by atoms with Crippen LogP contribution < -0.4 is 10.5 Å². The zero-order valence-corrected chi connectivity index (χ0v) is 11.8. The van der Waals surface area contributed by atoms with E-state index in [0.717, 1.165) is 6.07 Å². The van der Waals surface area contributed by atoms with E-state index in [2.05, 4.69) is 5.32 Å². The normalized spacial score (nSPS) is 14.3. The molecule has 6 heteroatoms. The van der Waals surface area contributed by atoms with Crippen LogP contribution in [-0.2, 0) is 10.0 Å². The van der Waals surface area contributed by atoms with Gasteiger partial charge in [-0.25, -0.2) is 17.9 Å². The minimum atomic E-state index is -3.87. The highest BCUT2D eigenvalue weighted by Crippen LogP contribution is 2.25. The highest BCUT2D eigenvalue weighted by atomic mass is 32.2. The van der Waals surface area contributed by atoms with Crippen molar-refractivity contribution in [1.82, 2.24) is 0 Å². The van der Waals surface area contributed by atoms with Gasteiger partial charge in [0.2, 0.25) is 10.0 Å². The van der Waals surface area contributed by atoms with E-state index >= 15 is 0 Å². The van der Waals surface area contributed by atoms with Crippen LogP contribution in [0.1, 0.15) is 27.7 Å². The van der Waals surface area contributed by atoms with E-state index in [4.69, 9.17) is 5.14 Å². The predicted octanol–water partition coefficient (Wildman–Crippen LogP) is 2.32. The number of sulfonamides is 1. The molecule has 0 amide bonds. The largest absolute Gasteiger partial charge is 0.380 e. The van der Waals surface area contributed by atoms with Crippen LogP contribution >= 0.6 is 0 Å². The highest BCUT2D eigenvalue weighted by molar-refractivity contribution is 7.89. The van der Waals surface area contributed by atoms with E-state index in [1.807, 2.05) is 27.7 Å². The molecule has 0 saturated heterocycles. The first-order chi connectivity index (χ1) is 8.01. The van der Waals surface area contributed by atoms with E-state index in [9.17, 15) is 12.8 Å². The van der Waals surface area contributed by atoms with Crippen LogP contribution in [0.4, 0.5) is 10.1 Å². The second-order valence-corrected chi connectivity index (χ2v) is 6.98. The van der Waals surface area contributed by atoms with E-state index < -0.39 is 15.8 Å². The van der Waals surface area contributed by atoms with Gasteiger partial charge < -0.3 is 5.32 Å². The minimum absolute atomic E-state index is 0.0346. The average Bonchev–Trinajstić information content (AvgIpc) is 2.17. The Kier molecular flexibility index (Phi) is 4.02. The number of benzene rings is 1. The van der Waals surface area contributed by atoms with Crippen molar-refractivity contribution >= 4 is 15.7 Å². The van der Waals surface area contributed by atoms with Gasteiger partial charge in [-0.3, -0.25) is 0 Å². The van der Waals surface area contributed by atoms with Crippen molar-refractivity contribution in [2.45, 2.75) is 38.6 Å². The first-order valence-electron chi connectivity index (χ1n) is 5.60. The molecule has 0 aliphatic carbocycles. The Bertz CT molecular complexity index is 535. The van der Waals surface area contributed by atoms with Crippen LogP contribution in [0.25, 0.3) is 0 Å². The molecule has 18 heavy (non-hydrogen) atoms. The van der Waals surface area contributed by atoms with Gasteiger partial charge in [0, 0.05) is 6.04 Å². The van der Waals surface area contributed by atoms with Gasteiger partial charge in [-0.05, 0) is 30.5 Å². The molecule has 0 bridgehead atoms. The molecule has 0 aliphatic rings. The fourth-order valence-electron chi connectivity index (χ4n) is 1.24. The second-order valence-electron chi connectivity index (χ2n) is 5.42. The highest BCUT2D eigenvalue weighted by Gasteiger charge is 2.21. The minimum Gasteiger partial charge on any atom is -0.380 e. The lowest BCUT2D eigenvalue weighted by Crippen LogP contribution is -2.31. The summed E-state index contributed by atoms with van der Waals surface area (Å²) in [4.78, 5) is -0.228. The van der Waals surface area contributed by atoms with Crippen molar-refractivity contribution in [3.63, 3.8) is 0 Å². The first-order valence-corrected chi connectivity index (χ1v) is 7.15. The standard InChI is InChI=1S/C12H19FN2O2S/c1-8(12(2,3)4)15-11-6-5-9(7-10(11)13)18(14,16)17/h5-8,15H,1-4H3,(H2,14,16,17). The number of hydrogen-bond donors (Lipinski definition) is 2. The quantitative estimate of drug-likeness (QED) is 0.888. The molecule has 0 radical (unpaired) electrons. The molecule has 4 nitrogen and oxygen atoms in total. The summed E-state index contributed by atoms with van der Waals surface area (Å²) in [5.41, 5.74) is 0.232. The van der Waals surface area contributed by atoms with Gasteiger partial charge in [0.25, 0.3) is 0 Å². The lowest BCUT2D eigenvalue weighted by atomic mass is 9.88. The molecule has 1 unspecified atom stereocenters. The van der Waals surface area contributed by atoms with Gasteiger partial charge in [0.1, 0.15) is 5.82 Å². The molecule has 1 aromatic rings. The number of rotatable bonds is 3. The van der Waals surface area contributed by atoms with E-state index in [0.29, 0.717) is 0 Å². The molecule has 1 rings (SSSR count). The summed E-state index contributed by atoms with van der Waals surface area (Å²) in [6.07, 6.45) is 0. The summed E-state index contributed by atoms with van der Waals surface area (Å²) in [6, 6.07) is 3.63. The van der Waals surface area contributed by atoms with Crippen LogP contribution in [0.3, 0.4) is 0 Å². The van der Waals surface area contributed by atoms with Crippen molar-refractivity contribution < 1.29 is 12.8 Å². The molecule has 102 valence electrons. The number of nitrogens with one attached hydrogen (secondary N) is 1. The Morgan fingerprint density at radius 2 is 1.89 bits per heavy atom. The number of primary sulfonamides is 1. The fourth-order valence-corrected chi connectivity index (χ4v) is 1.77. The van der Waals surface area contributed by atoms with Gasteiger partial charge in [-0.15, -0.1) is 0 Å². The number of anilines is 1. The maximum Gasteiger partial charge on any atom is 0.238 e. The van der Waals surface area contributed by atoms with Gasteiger partial charge in [0.05, 0.1) is 10.6 Å². The third-order valence-electron chi connectivity index (χ3n) is 2.94. The Labute approximate surface area is 107 Å². The predicted molar refractivity (Wildman–Crippen MR) is 70.3 cm³/mol. The van der Waals surface area contributed by atoms with Crippen molar-refractivity contribution in [3.05, 3.63) is 24.0 Å². The van der Waals surface area contributed by atoms with E-state index in [1.165, 1.54) is 12.1 Å². The summed E-state index contributed by atoms with van der Waals surface area (Å²) in [7, 11) is -3.87. The molecular formula is C12H19FN2O2S. The van der Waals surface area contributed by atoms with Crippen LogP contribution in [0.5, 0.6) is 0 Å². The molecule has 0 aliphatic heterocycles.